The van der Waals surface area contributed by atoms with Gasteiger partial charge in [-0.3, -0.25) is 4.79 Å². The summed E-state index contributed by atoms with van der Waals surface area (Å²) in [5, 5.41) is 20.7. The first-order valence-electron chi connectivity index (χ1n) is 6.24. The lowest BCUT2D eigenvalue weighted by Crippen LogP contribution is -2.32. The van der Waals surface area contributed by atoms with Gasteiger partial charge in [-0.15, -0.1) is 10.2 Å². The summed E-state index contributed by atoms with van der Waals surface area (Å²) in [4.78, 5) is 12.8. The molecular weight excluding hydrogens is 284 g/mol. The highest BCUT2D eigenvalue weighted by Crippen LogP contribution is 2.26. The average Bonchev–Trinajstić information content (AvgIpc) is 2.84. The number of carboxylic acid groups (broad SMARTS) is 1. The maximum atomic E-state index is 10.5. The van der Waals surface area contributed by atoms with Crippen LogP contribution in [0.1, 0.15) is 12.8 Å². The molecule has 0 radical (unpaired) electrons. The van der Waals surface area contributed by atoms with Gasteiger partial charge in [0.1, 0.15) is 0 Å². The van der Waals surface area contributed by atoms with Crippen LogP contribution in [-0.4, -0.2) is 58.6 Å². The van der Waals surface area contributed by atoms with Crippen LogP contribution in [0.5, 0.6) is 0 Å². The Morgan fingerprint density at radius 3 is 2.95 bits per heavy atom. The number of hydrogen-bond donors (Lipinski definition) is 2. The Morgan fingerprint density at radius 1 is 1.53 bits per heavy atom. The minimum absolute atomic E-state index is 0.0313. The molecule has 1 saturated heterocycles. The molecule has 1 aliphatic heterocycles. The van der Waals surface area contributed by atoms with Crippen molar-refractivity contribution in [3.05, 3.63) is 0 Å². The van der Waals surface area contributed by atoms with Crippen molar-refractivity contribution < 1.29 is 9.90 Å². The minimum atomic E-state index is -0.832. The number of likely N-dealkylation sites (tertiary alicyclic amines) is 1. The molecule has 0 spiro atoms. The monoisotopic (exact) mass is 302 g/mol. The summed E-state index contributed by atoms with van der Waals surface area (Å²) in [5.41, 5.74) is 0. The van der Waals surface area contributed by atoms with E-state index in [2.05, 4.69) is 27.5 Å². The lowest BCUT2D eigenvalue weighted by atomic mass is 9.97. The standard InChI is InChI=1S/C11H18N4O2S2/c1-15-4-2-8(3-5-15)6-12-10-13-14-11(19-10)18-7-9(16)17/h8H,2-7H2,1H3,(H,12,13)(H,16,17). The van der Waals surface area contributed by atoms with E-state index in [0.29, 0.717) is 10.3 Å². The second-order valence-electron chi connectivity index (χ2n) is 4.68. The van der Waals surface area contributed by atoms with Crippen LogP contribution in [-0.2, 0) is 4.79 Å². The van der Waals surface area contributed by atoms with Crippen molar-refractivity contribution in [2.75, 3.05) is 37.8 Å². The molecule has 0 bridgehead atoms. The van der Waals surface area contributed by atoms with E-state index in [1.54, 1.807) is 0 Å². The average molecular weight is 302 g/mol. The molecule has 0 unspecified atom stereocenters. The molecule has 19 heavy (non-hydrogen) atoms. The second kappa shape index (κ2) is 7.06. The number of nitrogens with zero attached hydrogens (tertiary/aromatic N) is 3. The maximum absolute atomic E-state index is 10.5. The Balaban J connectivity index is 1.72. The first kappa shape index (κ1) is 14.5. The van der Waals surface area contributed by atoms with E-state index in [1.165, 1.54) is 35.9 Å². The van der Waals surface area contributed by atoms with Gasteiger partial charge in [0.15, 0.2) is 4.34 Å². The maximum Gasteiger partial charge on any atom is 0.313 e. The number of piperidine rings is 1. The van der Waals surface area contributed by atoms with E-state index in [0.717, 1.165) is 24.8 Å². The molecule has 0 aliphatic carbocycles. The zero-order valence-electron chi connectivity index (χ0n) is 10.8. The fraction of sp³-hybridized carbons (Fsp3) is 0.727. The van der Waals surface area contributed by atoms with Gasteiger partial charge >= 0.3 is 5.97 Å². The van der Waals surface area contributed by atoms with Crippen LogP contribution < -0.4 is 5.32 Å². The van der Waals surface area contributed by atoms with Crippen LogP contribution in [0.25, 0.3) is 0 Å². The van der Waals surface area contributed by atoms with Crippen molar-refractivity contribution in [3.8, 4) is 0 Å². The van der Waals surface area contributed by atoms with Crippen LogP contribution in [0.4, 0.5) is 5.13 Å². The predicted molar refractivity (Wildman–Crippen MR) is 77.0 cm³/mol. The van der Waals surface area contributed by atoms with Gasteiger partial charge in [-0.25, -0.2) is 0 Å². The van der Waals surface area contributed by atoms with E-state index < -0.39 is 5.97 Å². The summed E-state index contributed by atoms with van der Waals surface area (Å²) >= 11 is 2.63. The van der Waals surface area contributed by atoms with Gasteiger partial charge in [0.2, 0.25) is 5.13 Å². The minimum Gasteiger partial charge on any atom is -0.481 e. The number of hydrogen-bond acceptors (Lipinski definition) is 7. The van der Waals surface area contributed by atoms with Crippen LogP contribution in [0.3, 0.4) is 0 Å². The molecule has 2 N–H and O–H groups in total. The summed E-state index contributed by atoms with van der Waals surface area (Å²) in [7, 11) is 2.15. The van der Waals surface area contributed by atoms with Gasteiger partial charge in [-0.1, -0.05) is 23.1 Å². The molecule has 0 aromatic carbocycles. The smallest absolute Gasteiger partial charge is 0.313 e. The predicted octanol–water partition coefficient (Wildman–Crippen LogP) is 1.47. The highest BCUT2D eigenvalue weighted by molar-refractivity contribution is 8.01. The Labute approximate surface area is 120 Å². The van der Waals surface area contributed by atoms with Crippen molar-refractivity contribution in [1.29, 1.82) is 0 Å². The van der Waals surface area contributed by atoms with E-state index in [9.17, 15) is 4.79 Å². The number of nitrogens with one attached hydrogen (secondary N) is 1. The molecule has 2 rings (SSSR count). The molecule has 0 amide bonds. The van der Waals surface area contributed by atoms with Crippen molar-refractivity contribution in [2.45, 2.75) is 17.2 Å². The van der Waals surface area contributed by atoms with Gasteiger partial charge in [0.05, 0.1) is 5.75 Å². The van der Waals surface area contributed by atoms with Gasteiger partial charge in [0.25, 0.3) is 0 Å². The summed E-state index contributed by atoms with van der Waals surface area (Å²) in [6.07, 6.45) is 2.42. The van der Waals surface area contributed by atoms with Crippen molar-refractivity contribution in [1.82, 2.24) is 15.1 Å². The van der Waals surface area contributed by atoms with Crippen molar-refractivity contribution in [3.63, 3.8) is 0 Å². The number of aromatic nitrogens is 2. The third-order valence-corrected chi connectivity index (χ3v) is 5.10. The summed E-state index contributed by atoms with van der Waals surface area (Å²) in [6, 6.07) is 0. The number of thioether (sulfide) groups is 1. The van der Waals surface area contributed by atoms with Crippen LogP contribution in [0, 0.1) is 5.92 Å². The van der Waals surface area contributed by atoms with Gasteiger partial charge in [0, 0.05) is 6.54 Å². The summed E-state index contributed by atoms with van der Waals surface area (Å²) in [5.74, 6) is -0.111. The largest absolute Gasteiger partial charge is 0.481 e. The molecule has 0 saturated carbocycles. The molecule has 8 heteroatoms. The number of rotatable bonds is 6. The van der Waals surface area contributed by atoms with E-state index in [1.807, 2.05) is 0 Å². The highest BCUT2D eigenvalue weighted by atomic mass is 32.2. The van der Waals surface area contributed by atoms with Crippen LogP contribution in [0.15, 0.2) is 4.34 Å². The lowest BCUT2D eigenvalue weighted by Gasteiger charge is -2.28. The molecule has 1 fully saturated rings. The first-order valence-corrected chi connectivity index (χ1v) is 8.04. The van der Waals surface area contributed by atoms with E-state index in [4.69, 9.17) is 5.11 Å². The number of anilines is 1. The Hall–Kier alpha value is -0.860. The molecule has 2 heterocycles. The summed E-state index contributed by atoms with van der Waals surface area (Å²) in [6.45, 7) is 3.23. The van der Waals surface area contributed by atoms with Crippen LogP contribution in [0.2, 0.25) is 0 Å². The molecule has 106 valence electrons. The van der Waals surface area contributed by atoms with E-state index in [-0.39, 0.29) is 5.75 Å². The zero-order valence-corrected chi connectivity index (χ0v) is 12.5. The number of aliphatic carboxylic acids is 1. The molecule has 1 aliphatic rings. The van der Waals surface area contributed by atoms with Gasteiger partial charge in [-0.2, -0.15) is 0 Å². The summed E-state index contributed by atoms with van der Waals surface area (Å²) < 4.78 is 0.702. The normalized spacial score (nSPS) is 17.5. The number of carbonyl (C=O) groups is 1. The Morgan fingerprint density at radius 2 is 2.26 bits per heavy atom. The topological polar surface area (TPSA) is 78.3 Å². The fourth-order valence-electron chi connectivity index (χ4n) is 1.96. The molecule has 1 aromatic rings. The molecule has 6 nitrogen and oxygen atoms in total. The lowest BCUT2D eigenvalue weighted by molar-refractivity contribution is -0.133. The SMILES string of the molecule is CN1CCC(CNc2nnc(SCC(=O)O)s2)CC1. The fourth-order valence-corrected chi connectivity index (χ4v) is 3.44. The molecule has 0 atom stereocenters. The van der Waals surface area contributed by atoms with Crippen molar-refractivity contribution >= 4 is 34.2 Å². The first-order chi connectivity index (χ1) is 9.13. The highest BCUT2D eigenvalue weighted by Gasteiger charge is 2.17. The number of carboxylic acids is 1. The third kappa shape index (κ3) is 4.96. The molecule has 1 aromatic heterocycles. The Kier molecular flexibility index (Phi) is 5.41. The quantitative estimate of drug-likeness (QED) is 0.770. The zero-order chi connectivity index (χ0) is 13.7. The molecular formula is C11H18N4O2S2. The van der Waals surface area contributed by atoms with Crippen molar-refractivity contribution in [2.24, 2.45) is 5.92 Å². The second-order valence-corrected chi connectivity index (χ2v) is 6.88. The third-order valence-electron chi connectivity index (χ3n) is 3.11. The van der Waals surface area contributed by atoms with E-state index >= 15 is 0 Å². The Bertz CT molecular complexity index is 419. The van der Waals surface area contributed by atoms with Gasteiger partial charge in [-0.05, 0) is 38.9 Å². The van der Waals surface area contributed by atoms with Crippen LogP contribution >= 0.6 is 23.1 Å². The van der Waals surface area contributed by atoms with Gasteiger partial charge < -0.3 is 15.3 Å².